The Kier molecular flexibility index (Phi) is 3.58. The maximum Gasteiger partial charge on any atom is 0.410 e. The summed E-state index contributed by atoms with van der Waals surface area (Å²) >= 11 is 0. The molecule has 0 aliphatic carbocycles. The summed E-state index contributed by atoms with van der Waals surface area (Å²) < 4.78 is 27.9. The highest BCUT2D eigenvalue weighted by Gasteiger charge is 2.40. The van der Waals surface area contributed by atoms with Crippen LogP contribution in [0.2, 0.25) is 0 Å². The number of sulfone groups is 1. The first-order valence-electron chi connectivity index (χ1n) is 5.89. The molecule has 1 amide bonds. The van der Waals surface area contributed by atoms with Gasteiger partial charge in [-0.1, -0.05) is 0 Å². The molecule has 2 atom stereocenters. The van der Waals surface area contributed by atoms with Crippen LogP contribution in [0.25, 0.3) is 0 Å². The van der Waals surface area contributed by atoms with E-state index in [1.165, 1.54) is 0 Å². The number of carbonyl (C=O) groups excluding carboxylic acids is 1. The van der Waals surface area contributed by atoms with Crippen LogP contribution in [0, 0.1) is 0 Å². The maximum absolute atomic E-state index is 11.7. The Morgan fingerprint density at radius 1 is 1.41 bits per heavy atom. The molecule has 6 nitrogen and oxygen atoms in total. The molecule has 7 heteroatoms. The van der Waals surface area contributed by atoms with Gasteiger partial charge in [0.05, 0.1) is 24.2 Å². The van der Waals surface area contributed by atoms with E-state index in [4.69, 9.17) is 10.5 Å². The standard InChI is InChI=1S/C10H18N2O4S/c11-4-1-8-2-5-16-10(13)12(8)9-3-6-17(14,15)7-9/h8-9H,1-7,11H2. The van der Waals surface area contributed by atoms with Crippen LogP contribution in [0.5, 0.6) is 0 Å². The summed E-state index contributed by atoms with van der Waals surface area (Å²) in [5, 5.41) is 0. The predicted octanol–water partition coefficient (Wildman–Crippen LogP) is -0.267. The maximum atomic E-state index is 11.7. The Morgan fingerprint density at radius 2 is 2.18 bits per heavy atom. The van der Waals surface area contributed by atoms with Gasteiger partial charge in [-0.2, -0.15) is 0 Å². The zero-order chi connectivity index (χ0) is 12.5. The van der Waals surface area contributed by atoms with Crippen molar-refractivity contribution in [3.8, 4) is 0 Å². The molecule has 2 unspecified atom stereocenters. The average molecular weight is 262 g/mol. The molecule has 0 aromatic rings. The lowest BCUT2D eigenvalue weighted by Crippen LogP contribution is -2.52. The topological polar surface area (TPSA) is 89.7 Å². The van der Waals surface area contributed by atoms with Crippen LogP contribution in [0.3, 0.4) is 0 Å². The molecule has 0 bridgehead atoms. The number of hydrogen-bond donors (Lipinski definition) is 1. The monoisotopic (exact) mass is 262 g/mol. The Balaban J connectivity index is 2.12. The highest BCUT2D eigenvalue weighted by atomic mass is 32.2. The first-order valence-corrected chi connectivity index (χ1v) is 7.71. The lowest BCUT2D eigenvalue weighted by Gasteiger charge is -2.38. The normalized spacial score (nSPS) is 32.5. The summed E-state index contributed by atoms with van der Waals surface area (Å²) in [6.07, 6.45) is 1.56. The quantitative estimate of drug-likeness (QED) is 0.756. The van der Waals surface area contributed by atoms with Gasteiger partial charge in [0.2, 0.25) is 0 Å². The van der Waals surface area contributed by atoms with Gasteiger partial charge in [-0.05, 0) is 19.4 Å². The first kappa shape index (κ1) is 12.6. The third kappa shape index (κ3) is 2.71. The van der Waals surface area contributed by atoms with Gasteiger partial charge in [0.15, 0.2) is 9.84 Å². The van der Waals surface area contributed by atoms with E-state index in [2.05, 4.69) is 0 Å². The molecule has 2 saturated heterocycles. The summed E-state index contributed by atoms with van der Waals surface area (Å²) in [6, 6.07) is -0.205. The van der Waals surface area contributed by atoms with E-state index in [1.54, 1.807) is 4.90 Å². The smallest absolute Gasteiger partial charge is 0.410 e. The van der Waals surface area contributed by atoms with E-state index in [1.807, 2.05) is 0 Å². The summed E-state index contributed by atoms with van der Waals surface area (Å²) in [5.41, 5.74) is 5.52. The zero-order valence-corrected chi connectivity index (χ0v) is 10.5. The molecule has 0 spiro atoms. The lowest BCUT2D eigenvalue weighted by atomic mass is 10.0. The SMILES string of the molecule is NCCC1CCOC(=O)N1C1CCS(=O)(=O)C1. The fourth-order valence-corrected chi connectivity index (χ4v) is 4.27. The van der Waals surface area contributed by atoms with Crippen LogP contribution in [0.15, 0.2) is 0 Å². The number of rotatable bonds is 3. The number of carbonyl (C=O) groups is 1. The predicted molar refractivity (Wildman–Crippen MR) is 62.3 cm³/mol. The molecule has 2 N–H and O–H groups in total. The van der Waals surface area contributed by atoms with Crippen LogP contribution < -0.4 is 5.73 Å². The van der Waals surface area contributed by atoms with Gasteiger partial charge in [-0.25, -0.2) is 13.2 Å². The number of cyclic esters (lactones) is 1. The van der Waals surface area contributed by atoms with E-state index in [0.29, 0.717) is 26.0 Å². The second kappa shape index (κ2) is 4.81. The minimum Gasteiger partial charge on any atom is -0.449 e. The van der Waals surface area contributed by atoms with Crippen LogP contribution in [-0.4, -0.2) is 56.2 Å². The van der Waals surface area contributed by atoms with Crippen LogP contribution in [-0.2, 0) is 14.6 Å². The number of hydrogen-bond acceptors (Lipinski definition) is 5. The molecular weight excluding hydrogens is 244 g/mol. The van der Waals surface area contributed by atoms with Gasteiger partial charge < -0.3 is 15.4 Å². The number of nitrogens with zero attached hydrogens (tertiary/aromatic N) is 1. The second-order valence-electron chi connectivity index (χ2n) is 4.60. The molecule has 98 valence electrons. The fraction of sp³-hybridized carbons (Fsp3) is 0.900. The molecule has 2 aliphatic heterocycles. The van der Waals surface area contributed by atoms with Crippen LogP contribution >= 0.6 is 0 Å². The Labute approximate surface area is 101 Å². The summed E-state index contributed by atoms with van der Waals surface area (Å²) in [5.74, 6) is 0.222. The fourth-order valence-electron chi connectivity index (χ4n) is 2.56. The molecule has 0 aromatic carbocycles. The van der Waals surface area contributed by atoms with Crippen molar-refractivity contribution in [2.24, 2.45) is 5.73 Å². The minimum absolute atomic E-state index is 0.0274. The largest absolute Gasteiger partial charge is 0.449 e. The van der Waals surface area contributed by atoms with Gasteiger partial charge in [0.1, 0.15) is 0 Å². The van der Waals surface area contributed by atoms with Crippen molar-refractivity contribution in [2.45, 2.75) is 31.3 Å². The van der Waals surface area contributed by atoms with Crippen molar-refractivity contribution in [1.82, 2.24) is 4.90 Å². The molecule has 0 aromatic heterocycles. The molecular formula is C10H18N2O4S. The molecule has 2 aliphatic rings. The van der Waals surface area contributed by atoms with Crippen LogP contribution in [0.1, 0.15) is 19.3 Å². The summed E-state index contributed by atoms with van der Waals surface area (Å²) in [6.45, 7) is 0.896. The van der Waals surface area contributed by atoms with Gasteiger partial charge in [0.25, 0.3) is 0 Å². The van der Waals surface area contributed by atoms with Crippen molar-refractivity contribution in [3.63, 3.8) is 0 Å². The molecule has 0 radical (unpaired) electrons. The van der Waals surface area contributed by atoms with Crippen LogP contribution in [0.4, 0.5) is 4.79 Å². The van der Waals surface area contributed by atoms with Crippen molar-refractivity contribution in [2.75, 3.05) is 24.7 Å². The van der Waals surface area contributed by atoms with E-state index < -0.39 is 15.9 Å². The van der Waals surface area contributed by atoms with Gasteiger partial charge >= 0.3 is 6.09 Å². The lowest BCUT2D eigenvalue weighted by molar-refractivity contribution is 0.0268. The van der Waals surface area contributed by atoms with E-state index >= 15 is 0 Å². The number of amides is 1. The third-order valence-corrected chi connectivity index (χ3v) is 5.13. The van der Waals surface area contributed by atoms with E-state index in [0.717, 1.165) is 6.42 Å². The third-order valence-electron chi connectivity index (χ3n) is 3.38. The molecule has 2 rings (SSSR count). The Hall–Kier alpha value is -0.820. The van der Waals surface area contributed by atoms with Crippen molar-refractivity contribution < 1.29 is 17.9 Å². The summed E-state index contributed by atoms with van der Waals surface area (Å²) in [7, 11) is -2.99. The first-order chi connectivity index (χ1) is 8.03. The molecule has 2 heterocycles. The van der Waals surface area contributed by atoms with E-state index in [9.17, 15) is 13.2 Å². The number of nitrogens with two attached hydrogens (primary N) is 1. The highest BCUT2D eigenvalue weighted by Crippen LogP contribution is 2.25. The van der Waals surface area contributed by atoms with Crippen molar-refractivity contribution in [3.05, 3.63) is 0 Å². The second-order valence-corrected chi connectivity index (χ2v) is 6.83. The van der Waals surface area contributed by atoms with Gasteiger partial charge in [-0.3, -0.25) is 0 Å². The minimum atomic E-state index is -2.99. The Morgan fingerprint density at radius 3 is 2.76 bits per heavy atom. The van der Waals surface area contributed by atoms with Gasteiger partial charge in [-0.15, -0.1) is 0 Å². The van der Waals surface area contributed by atoms with E-state index in [-0.39, 0.29) is 23.6 Å². The summed E-state index contributed by atoms with van der Waals surface area (Å²) in [4.78, 5) is 13.3. The van der Waals surface area contributed by atoms with Crippen molar-refractivity contribution in [1.29, 1.82) is 0 Å². The number of ether oxygens (including phenoxy) is 1. The molecule has 2 fully saturated rings. The van der Waals surface area contributed by atoms with Crippen molar-refractivity contribution >= 4 is 15.9 Å². The Bertz CT molecular complexity index is 393. The molecule has 17 heavy (non-hydrogen) atoms. The highest BCUT2D eigenvalue weighted by molar-refractivity contribution is 7.91. The van der Waals surface area contributed by atoms with Gasteiger partial charge in [0, 0.05) is 12.5 Å². The molecule has 0 saturated carbocycles. The zero-order valence-electron chi connectivity index (χ0n) is 9.67. The average Bonchev–Trinajstić information content (AvgIpc) is 2.59.